The Morgan fingerprint density at radius 2 is 1.71 bits per heavy atom. The van der Waals surface area contributed by atoms with Crippen molar-refractivity contribution >= 4 is 32.8 Å². The smallest absolute Gasteiger partial charge is 0.311 e. The van der Waals surface area contributed by atoms with E-state index >= 15 is 0 Å². The Morgan fingerprint density at radius 1 is 1.07 bits per heavy atom. The molecule has 1 aliphatic rings. The number of anilines is 1. The van der Waals surface area contributed by atoms with Crippen LogP contribution in [-0.2, 0) is 9.84 Å². The van der Waals surface area contributed by atoms with Crippen LogP contribution in [-0.4, -0.2) is 50.7 Å². The molecule has 0 saturated carbocycles. The number of halogens is 1. The molecule has 0 amide bonds. The molecule has 2 aromatic carbocycles. The zero-order chi connectivity index (χ0) is 20.5. The molecule has 0 aromatic heterocycles. The van der Waals surface area contributed by atoms with Gasteiger partial charge in [-0.15, -0.1) is 0 Å². The van der Waals surface area contributed by atoms with E-state index in [4.69, 9.17) is 11.6 Å². The first-order valence-corrected chi connectivity index (χ1v) is 11.2. The number of nitro groups is 1. The van der Waals surface area contributed by atoms with E-state index in [9.17, 15) is 18.5 Å². The first-order chi connectivity index (χ1) is 13.2. The van der Waals surface area contributed by atoms with Gasteiger partial charge >= 0.3 is 5.69 Å². The Morgan fingerprint density at radius 3 is 2.29 bits per heavy atom. The molecule has 0 spiro atoms. The van der Waals surface area contributed by atoms with Crippen LogP contribution in [0.4, 0.5) is 11.4 Å². The third-order valence-electron chi connectivity index (χ3n) is 5.12. The van der Waals surface area contributed by atoms with Gasteiger partial charge in [0.05, 0.1) is 4.92 Å². The summed E-state index contributed by atoms with van der Waals surface area (Å²) in [5.41, 5.74) is 1.04. The normalized spacial score (nSPS) is 16.8. The van der Waals surface area contributed by atoms with Crippen molar-refractivity contribution in [1.29, 1.82) is 0 Å². The number of nitrogens with zero attached hydrogens (tertiary/aromatic N) is 3. The Hall–Kier alpha value is -2.16. The number of hydrogen-bond acceptors (Lipinski definition) is 6. The molecular weight excluding hydrogens is 402 g/mol. The quantitative estimate of drug-likeness (QED) is 0.540. The molecule has 0 aliphatic carbocycles. The fourth-order valence-corrected chi connectivity index (χ4v) is 4.76. The standard InChI is InChI=1S/C19H22ClN3O4S/c1-14(15-6-3-4-7-16(15)20)21-10-12-22(13-11-21)17-8-5-9-18(28(2,26)27)19(17)23(24)25/h3-9,14H,10-13H2,1-2H3. The minimum Gasteiger partial charge on any atom is -0.363 e. The van der Waals surface area contributed by atoms with Crippen molar-refractivity contribution in [2.24, 2.45) is 0 Å². The average molecular weight is 424 g/mol. The van der Waals surface area contributed by atoms with Gasteiger partial charge in [0.1, 0.15) is 10.6 Å². The van der Waals surface area contributed by atoms with Crippen LogP contribution in [0.15, 0.2) is 47.4 Å². The summed E-state index contributed by atoms with van der Waals surface area (Å²) in [6, 6.07) is 12.3. The van der Waals surface area contributed by atoms with Gasteiger partial charge in [-0.1, -0.05) is 35.9 Å². The molecule has 0 bridgehead atoms. The van der Waals surface area contributed by atoms with E-state index in [0.717, 1.165) is 11.8 Å². The third-order valence-corrected chi connectivity index (χ3v) is 6.59. The first-order valence-electron chi connectivity index (χ1n) is 8.91. The minimum absolute atomic E-state index is 0.119. The van der Waals surface area contributed by atoms with E-state index in [-0.39, 0.29) is 16.6 Å². The Kier molecular flexibility index (Phi) is 5.92. The maximum absolute atomic E-state index is 12.0. The predicted octanol–water partition coefficient (Wildman–Crippen LogP) is 3.53. The van der Waals surface area contributed by atoms with Crippen molar-refractivity contribution in [3.8, 4) is 0 Å². The van der Waals surface area contributed by atoms with E-state index in [1.807, 2.05) is 29.2 Å². The largest absolute Gasteiger partial charge is 0.363 e. The second-order valence-electron chi connectivity index (χ2n) is 6.87. The third kappa shape index (κ3) is 4.14. The zero-order valence-electron chi connectivity index (χ0n) is 15.7. The van der Waals surface area contributed by atoms with Gasteiger partial charge < -0.3 is 4.90 Å². The van der Waals surface area contributed by atoms with E-state index in [2.05, 4.69) is 11.8 Å². The molecule has 1 atom stereocenters. The summed E-state index contributed by atoms with van der Waals surface area (Å²) in [5, 5.41) is 12.3. The van der Waals surface area contributed by atoms with Gasteiger partial charge in [0.25, 0.3) is 0 Å². The summed E-state index contributed by atoms with van der Waals surface area (Å²) in [4.78, 5) is 14.9. The summed E-state index contributed by atoms with van der Waals surface area (Å²) in [6.07, 6.45) is 0.988. The molecular formula is C19H22ClN3O4S. The van der Waals surface area contributed by atoms with Crippen LogP contribution in [0.3, 0.4) is 0 Å². The fraction of sp³-hybridized carbons (Fsp3) is 0.368. The number of nitro benzene ring substituents is 1. The maximum Gasteiger partial charge on any atom is 0.311 e. The van der Waals surface area contributed by atoms with E-state index < -0.39 is 14.8 Å². The van der Waals surface area contributed by atoms with Crippen LogP contribution < -0.4 is 4.90 Å². The molecule has 7 nitrogen and oxygen atoms in total. The summed E-state index contributed by atoms with van der Waals surface area (Å²) in [6.45, 7) is 4.58. The van der Waals surface area contributed by atoms with Gasteiger partial charge in [-0.2, -0.15) is 0 Å². The summed E-state index contributed by atoms with van der Waals surface area (Å²) >= 11 is 6.31. The topological polar surface area (TPSA) is 83.8 Å². The van der Waals surface area contributed by atoms with E-state index in [0.29, 0.717) is 36.9 Å². The number of hydrogen-bond donors (Lipinski definition) is 0. The van der Waals surface area contributed by atoms with Gasteiger partial charge in [0.2, 0.25) is 0 Å². The number of rotatable bonds is 5. The van der Waals surface area contributed by atoms with Crippen LogP contribution >= 0.6 is 11.6 Å². The van der Waals surface area contributed by atoms with Crippen molar-refractivity contribution in [1.82, 2.24) is 4.90 Å². The van der Waals surface area contributed by atoms with Crippen molar-refractivity contribution in [2.45, 2.75) is 17.9 Å². The van der Waals surface area contributed by atoms with Crippen LogP contribution in [0.5, 0.6) is 0 Å². The lowest BCUT2D eigenvalue weighted by Crippen LogP contribution is -2.47. The molecule has 9 heteroatoms. The van der Waals surface area contributed by atoms with Crippen molar-refractivity contribution < 1.29 is 13.3 Å². The highest BCUT2D eigenvalue weighted by Gasteiger charge is 2.31. The molecule has 1 unspecified atom stereocenters. The lowest BCUT2D eigenvalue weighted by molar-refractivity contribution is -0.387. The van der Waals surface area contributed by atoms with E-state index in [1.54, 1.807) is 12.1 Å². The molecule has 0 radical (unpaired) electrons. The summed E-state index contributed by atoms with van der Waals surface area (Å²) in [5.74, 6) is 0. The molecule has 150 valence electrons. The molecule has 1 saturated heterocycles. The molecule has 1 heterocycles. The minimum atomic E-state index is -3.70. The highest BCUT2D eigenvalue weighted by Crippen LogP contribution is 2.36. The highest BCUT2D eigenvalue weighted by molar-refractivity contribution is 7.90. The number of para-hydroxylation sites is 1. The van der Waals surface area contributed by atoms with Crippen LogP contribution in [0.25, 0.3) is 0 Å². The monoisotopic (exact) mass is 423 g/mol. The molecule has 1 aliphatic heterocycles. The van der Waals surface area contributed by atoms with Crippen LogP contribution in [0, 0.1) is 10.1 Å². The number of benzene rings is 2. The maximum atomic E-state index is 12.0. The average Bonchev–Trinajstić information content (AvgIpc) is 2.66. The van der Waals surface area contributed by atoms with Gasteiger partial charge in [-0.25, -0.2) is 8.42 Å². The van der Waals surface area contributed by atoms with Crippen LogP contribution in [0.1, 0.15) is 18.5 Å². The van der Waals surface area contributed by atoms with Gasteiger partial charge in [0.15, 0.2) is 9.84 Å². The van der Waals surface area contributed by atoms with Crippen molar-refractivity contribution in [2.75, 3.05) is 37.3 Å². The van der Waals surface area contributed by atoms with Crippen molar-refractivity contribution in [3.63, 3.8) is 0 Å². The van der Waals surface area contributed by atoms with Gasteiger partial charge in [-0.05, 0) is 30.7 Å². The van der Waals surface area contributed by atoms with Crippen molar-refractivity contribution in [3.05, 3.63) is 63.2 Å². The lowest BCUT2D eigenvalue weighted by atomic mass is 10.1. The first kappa shape index (κ1) is 20.6. The molecule has 3 rings (SSSR count). The predicted molar refractivity (Wildman–Crippen MR) is 110 cm³/mol. The Bertz CT molecular complexity index is 988. The molecule has 28 heavy (non-hydrogen) atoms. The van der Waals surface area contributed by atoms with Gasteiger partial charge in [-0.3, -0.25) is 15.0 Å². The summed E-state index contributed by atoms with van der Waals surface area (Å²) < 4.78 is 24.0. The molecule has 2 aromatic rings. The Balaban J connectivity index is 1.82. The second-order valence-corrected chi connectivity index (χ2v) is 9.27. The highest BCUT2D eigenvalue weighted by atomic mass is 35.5. The lowest BCUT2D eigenvalue weighted by Gasteiger charge is -2.39. The molecule has 0 N–H and O–H groups in total. The zero-order valence-corrected chi connectivity index (χ0v) is 17.3. The van der Waals surface area contributed by atoms with Gasteiger partial charge in [0, 0.05) is 43.5 Å². The number of piperazine rings is 1. The Labute approximate surface area is 169 Å². The SMILES string of the molecule is CC(c1ccccc1Cl)N1CCN(c2cccc(S(C)(=O)=O)c2[N+](=O)[O-])CC1. The van der Waals surface area contributed by atoms with Crippen LogP contribution in [0.2, 0.25) is 5.02 Å². The molecule has 1 fully saturated rings. The summed E-state index contributed by atoms with van der Waals surface area (Å²) in [7, 11) is -3.70. The van der Waals surface area contributed by atoms with E-state index in [1.165, 1.54) is 6.07 Å². The number of sulfone groups is 1. The fourth-order valence-electron chi connectivity index (χ4n) is 3.61. The second kappa shape index (κ2) is 8.06.